The highest BCUT2D eigenvalue weighted by molar-refractivity contribution is 7.15. The van der Waals surface area contributed by atoms with E-state index in [0.29, 0.717) is 35.4 Å². The number of benzene rings is 1. The van der Waals surface area contributed by atoms with Gasteiger partial charge in [0.2, 0.25) is 0 Å². The van der Waals surface area contributed by atoms with E-state index in [-0.39, 0.29) is 18.6 Å². The number of ether oxygens (including phenoxy) is 2. The lowest BCUT2D eigenvalue weighted by molar-refractivity contribution is -0.118. The van der Waals surface area contributed by atoms with E-state index in [0.717, 1.165) is 10.6 Å². The van der Waals surface area contributed by atoms with Gasteiger partial charge in [0, 0.05) is 22.9 Å². The summed E-state index contributed by atoms with van der Waals surface area (Å²) in [5, 5.41) is 3.83. The van der Waals surface area contributed by atoms with Crippen LogP contribution in [0.2, 0.25) is 5.02 Å². The van der Waals surface area contributed by atoms with E-state index in [4.69, 9.17) is 21.1 Å². The van der Waals surface area contributed by atoms with E-state index in [9.17, 15) is 9.59 Å². The molecule has 1 aliphatic heterocycles. The van der Waals surface area contributed by atoms with Gasteiger partial charge in [0.05, 0.1) is 19.3 Å². The number of carbonyl (C=O) groups is 2. The van der Waals surface area contributed by atoms with Gasteiger partial charge in [-0.15, -0.1) is 0 Å². The van der Waals surface area contributed by atoms with Crippen LogP contribution in [0.1, 0.15) is 10.6 Å². The molecule has 132 valence electrons. The first kappa shape index (κ1) is 17.5. The van der Waals surface area contributed by atoms with Gasteiger partial charge in [-0.05, 0) is 24.3 Å². The molecule has 9 heteroatoms. The maximum absolute atomic E-state index is 12.0. The molecule has 0 spiro atoms. The molecule has 0 fully saturated rings. The van der Waals surface area contributed by atoms with Crippen LogP contribution in [0.4, 0.5) is 9.93 Å². The lowest BCUT2D eigenvalue weighted by Crippen LogP contribution is -2.35. The van der Waals surface area contributed by atoms with E-state index in [1.54, 1.807) is 29.2 Å². The summed E-state index contributed by atoms with van der Waals surface area (Å²) in [4.78, 5) is 30.6. The third kappa shape index (κ3) is 4.40. The molecule has 1 aromatic heterocycles. The molecule has 1 aromatic carbocycles. The molecule has 1 N–H and O–H groups in total. The van der Waals surface area contributed by atoms with Crippen LogP contribution in [-0.2, 0) is 22.5 Å². The largest absolute Gasteiger partial charge is 0.484 e. The van der Waals surface area contributed by atoms with Crippen LogP contribution < -0.4 is 10.1 Å². The highest BCUT2D eigenvalue weighted by atomic mass is 35.5. The molecule has 0 bridgehead atoms. The van der Waals surface area contributed by atoms with Crippen LogP contribution in [-0.4, -0.2) is 42.1 Å². The first-order chi connectivity index (χ1) is 12.0. The van der Waals surface area contributed by atoms with Gasteiger partial charge in [0.25, 0.3) is 5.91 Å². The maximum Gasteiger partial charge on any atom is 0.409 e. The van der Waals surface area contributed by atoms with Crippen molar-refractivity contribution in [1.29, 1.82) is 0 Å². The summed E-state index contributed by atoms with van der Waals surface area (Å²) in [5.74, 6) is 0.262. The summed E-state index contributed by atoms with van der Waals surface area (Å²) in [6.07, 6.45) is 0.277. The van der Waals surface area contributed by atoms with Gasteiger partial charge in [-0.3, -0.25) is 10.1 Å². The predicted octanol–water partition coefficient (Wildman–Crippen LogP) is 2.94. The van der Waals surface area contributed by atoms with E-state index in [1.807, 2.05) is 0 Å². The van der Waals surface area contributed by atoms with Crippen LogP contribution in [0.5, 0.6) is 5.75 Å². The second-order valence-electron chi connectivity index (χ2n) is 5.32. The Morgan fingerprint density at radius 2 is 2.12 bits per heavy atom. The molecule has 1 aliphatic rings. The van der Waals surface area contributed by atoms with Crippen molar-refractivity contribution in [2.75, 3.05) is 25.6 Å². The normalized spacial score (nSPS) is 13.1. The van der Waals surface area contributed by atoms with Crippen molar-refractivity contribution in [1.82, 2.24) is 9.88 Å². The van der Waals surface area contributed by atoms with Crippen LogP contribution in [0.3, 0.4) is 0 Å². The lowest BCUT2D eigenvalue weighted by Gasteiger charge is -2.24. The number of carbonyl (C=O) groups excluding carboxylic acids is 2. The van der Waals surface area contributed by atoms with E-state index in [2.05, 4.69) is 10.3 Å². The van der Waals surface area contributed by atoms with E-state index >= 15 is 0 Å². The molecule has 2 amide bonds. The number of aromatic nitrogens is 1. The van der Waals surface area contributed by atoms with Gasteiger partial charge in [-0.1, -0.05) is 22.9 Å². The second kappa shape index (κ2) is 7.71. The highest BCUT2D eigenvalue weighted by Gasteiger charge is 2.24. The molecule has 2 heterocycles. The van der Waals surface area contributed by atoms with E-state index in [1.165, 1.54) is 18.4 Å². The number of rotatable bonds is 4. The van der Waals surface area contributed by atoms with Gasteiger partial charge in [0.15, 0.2) is 11.7 Å². The summed E-state index contributed by atoms with van der Waals surface area (Å²) >= 11 is 7.15. The van der Waals surface area contributed by atoms with E-state index < -0.39 is 0 Å². The van der Waals surface area contributed by atoms with Crippen LogP contribution >= 0.6 is 22.9 Å². The predicted molar refractivity (Wildman–Crippen MR) is 94.2 cm³/mol. The van der Waals surface area contributed by atoms with Crippen molar-refractivity contribution in [2.45, 2.75) is 13.0 Å². The van der Waals surface area contributed by atoms with Gasteiger partial charge < -0.3 is 14.4 Å². The average molecular weight is 382 g/mol. The molecule has 2 aromatic rings. The molecule has 0 saturated heterocycles. The summed E-state index contributed by atoms with van der Waals surface area (Å²) < 4.78 is 10.1. The Bertz CT molecular complexity index is 778. The van der Waals surface area contributed by atoms with Crippen LogP contribution in [0.25, 0.3) is 0 Å². The number of anilines is 1. The SMILES string of the molecule is COC(=O)N1CCc2nc(NC(=O)COc3ccc(Cl)cc3)sc2C1. The number of methoxy groups -OCH3 is 1. The van der Waals surface area contributed by atoms with Crippen molar-refractivity contribution in [3.63, 3.8) is 0 Å². The van der Waals surface area contributed by atoms with Crippen molar-refractivity contribution in [3.8, 4) is 5.75 Å². The molecule has 7 nitrogen and oxygen atoms in total. The topological polar surface area (TPSA) is 80.8 Å². The molecule has 0 atom stereocenters. The molecular formula is C16H16ClN3O4S. The summed E-state index contributed by atoms with van der Waals surface area (Å²) in [6.45, 7) is 0.869. The monoisotopic (exact) mass is 381 g/mol. The first-order valence-corrected chi connectivity index (χ1v) is 8.74. The standard InChI is InChI=1S/C16H16ClN3O4S/c1-23-16(22)20-7-6-12-13(8-20)25-15(18-12)19-14(21)9-24-11-4-2-10(17)3-5-11/h2-5H,6-9H2,1H3,(H,18,19,21). The Morgan fingerprint density at radius 1 is 1.36 bits per heavy atom. The van der Waals surface area contributed by atoms with Crippen molar-refractivity contribution in [3.05, 3.63) is 39.9 Å². The Balaban J connectivity index is 1.55. The Labute approximate surface area is 153 Å². The fourth-order valence-electron chi connectivity index (χ4n) is 2.37. The number of hydrogen-bond donors (Lipinski definition) is 1. The minimum absolute atomic E-state index is 0.125. The Morgan fingerprint density at radius 3 is 2.84 bits per heavy atom. The zero-order valence-electron chi connectivity index (χ0n) is 13.5. The summed E-state index contributed by atoms with van der Waals surface area (Å²) in [5.41, 5.74) is 0.902. The smallest absolute Gasteiger partial charge is 0.409 e. The molecule has 0 aliphatic carbocycles. The number of halogens is 1. The zero-order chi connectivity index (χ0) is 17.8. The molecular weight excluding hydrogens is 366 g/mol. The Hall–Kier alpha value is -2.32. The van der Waals surface area contributed by atoms with Gasteiger partial charge >= 0.3 is 6.09 Å². The third-order valence-corrected chi connectivity index (χ3v) is 4.84. The third-order valence-electron chi connectivity index (χ3n) is 3.59. The lowest BCUT2D eigenvalue weighted by atomic mass is 10.2. The molecule has 3 rings (SSSR count). The van der Waals surface area contributed by atoms with Crippen molar-refractivity contribution >= 4 is 40.1 Å². The molecule has 0 saturated carbocycles. The van der Waals surface area contributed by atoms with Crippen molar-refractivity contribution in [2.24, 2.45) is 0 Å². The maximum atomic E-state index is 12.0. The fraction of sp³-hybridized carbons (Fsp3) is 0.312. The highest BCUT2D eigenvalue weighted by Crippen LogP contribution is 2.28. The minimum atomic E-state index is -0.360. The minimum Gasteiger partial charge on any atom is -0.484 e. The molecule has 0 radical (unpaired) electrons. The van der Waals surface area contributed by atoms with Gasteiger partial charge in [-0.25, -0.2) is 9.78 Å². The quantitative estimate of drug-likeness (QED) is 0.880. The number of fused-ring (bicyclic) bond motifs is 1. The number of hydrogen-bond acceptors (Lipinski definition) is 6. The number of nitrogens with zero attached hydrogens (tertiary/aromatic N) is 2. The average Bonchev–Trinajstić information content (AvgIpc) is 3.01. The number of amides is 2. The molecule has 25 heavy (non-hydrogen) atoms. The summed E-state index contributed by atoms with van der Waals surface area (Å²) in [6, 6.07) is 6.77. The second-order valence-corrected chi connectivity index (χ2v) is 6.84. The fourth-order valence-corrected chi connectivity index (χ4v) is 3.53. The molecule has 0 unspecified atom stereocenters. The number of thiazole rings is 1. The van der Waals surface area contributed by atoms with Crippen LogP contribution in [0, 0.1) is 0 Å². The first-order valence-electron chi connectivity index (χ1n) is 7.55. The Kier molecular flexibility index (Phi) is 5.40. The van der Waals surface area contributed by atoms with Crippen LogP contribution in [0.15, 0.2) is 24.3 Å². The number of nitrogens with one attached hydrogen (secondary N) is 1. The van der Waals surface area contributed by atoms with Gasteiger partial charge in [0.1, 0.15) is 5.75 Å². The van der Waals surface area contributed by atoms with Crippen molar-refractivity contribution < 1.29 is 19.1 Å². The zero-order valence-corrected chi connectivity index (χ0v) is 15.0. The summed E-state index contributed by atoms with van der Waals surface area (Å²) in [7, 11) is 1.36. The van der Waals surface area contributed by atoms with Gasteiger partial charge in [-0.2, -0.15) is 0 Å².